The van der Waals surface area contributed by atoms with Gasteiger partial charge in [-0.3, -0.25) is 4.79 Å². The summed E-state index contributed by atoms with van der Waals surface area (Å²) in [5.41, 5.74) is 0. The average Bonchev–Trinajstić information content (AvgIpc) is 2.57. The number of aliphatic carboxylic acids is 1. The topological polar surface area (TPSA) is 78.8 Å². The van der Waals surface area contributed by atoms with E-state index in [1.54, 1.807) is 0 Å². The predicted molar refractivity (Wildman–Crippen MR) is 94.4 cm³/mol. The third-order valence-corrected chi connectivity index (χ3v) is 3.91. The average molecular weight is 331 g/mol. The Balaban J connectivity index is 1.74. The highest BCUT2D eigenvalue weighted by molar-refractivity contribution is 5.88. The van der Waals surface area contributed by atoms with Gasteiger partial charge in [0.25, 0.3) is 0 Å². The standard InChI is InChI=1S/C19H25NO4/c1-14(6-4-11-19(22)23)20-12-16(21)13-24-18-10-5-8-15-7-2-3-9-17(15)18/h2-3,5,7-10,14,16,20-21H,4,6,11-13H2,1H3,(H,22,23). The minimum absolute atomic E-state index is 0.163. The van der Waals surface area contributed by atoms with Crippen LogP contribution in [0.5, 0.6) is 5.75 Å². The van der Waals surface area contributed by atoms with Crippen molar-refractivity contribution >= 4 is 16.7 Å². The zero-order valence-corrected chi connectivity index (χ0v) is 13.9. The minimum atomic E-state index is -0.772. The summed E-state index contributed by atoms with van der Waals surface area (Å²) in [7, 11) is 0. The number of benzene rings is 2. The first-order valence-electron chi connectivity index (χ1n) is 8.30. The molecule has 2 aromatic rings. The summed E-state index contributed by atoms with van der Waals surface area (Å²) in [6.45, 7) is 2.61. The molecule has 0 heterocycles. The van der Waals surface area contributed by atoms with Crippen molar-refractivity contribution in [3.63, 3.8) is 0 Å². The maximum atomic E-state index is 10.5. The van der Waals surface area contributed by atoms with E-state index in [2.05, 4.69) is 5.32 Å². The van der Waals surface area contributed by atoms with Gasteiger partial charge >= 0.3 is 5.97 Å². The van der Waals surface area contributed by atoms with Gasteiger partial charge in [0.1, 0.15) is 18.5 Å². The number of nitrogens with one attached hydrogen (secondary N) is 1. The number of carboxylic acid groups (broad SMARTS) is 1. The van der Waals surface area contributed by atoms with Crippen LogP contribution < -0.4 is 10.1 Å². The summed E-state index contributed by atoms with van der Waals surface area (Å²) in [6, 6.07) is 14.0. The van der Waals surface area contributed by atoms with Gasteiger partial charge in [-0.25, -0.2) is 0 Å². The molecule has 0 saturated carbocycles. The molecular weight excluding hydrogens is 306 g/mol. The Morgan fingerprint density at radius 3 is 2.75 bits per heavy atom. The molecule has 0 aliphatic heterocycles. The van der Waals surface area contributed by atoms with Crippen LogP contribution in [0.4, 0.5) is 0 Å². The molecule has 0 amide bonds. The van der Waals surface area contributed by atoms with Crippen molar-refractivity contribution in [2.75, 3.05) is 13.2 Å². The Hall–Kier alpha value is -2.11. The Morgan fingerprint density at radius 2 is 1.96 bits per heavy atom. The van der Waals surface area contributed by atoms with Crippen LogP contribution >= 0.6 is 0 Å². The van der Waals surface area contributed by atoms with E-state index in [1.165, 1.54) is 0 Å². The Bertz CT molecular complexity index is 653. The van der Waals surface area contributed by atoms with E-state index in [0.29, 0.717) is 13.0 Å². The fraction of sp³-hybridized carbons (Fsp3) is 0.421. The first-order valence-corrected chi connectivity index (χ1v) is 8.30. The van der Waals surface area contributed by atoms with Gasteiger partial charge in [0.05, 0.1) is 0 Å². The largest absolute Gasteiger partial charge is 0.490 e. The number of carboxylic acids is 1. The molecule has 0 spiro atoms. The zero-order chi connectivity index (χ0) is 17.4. The number of aliphatic hydroxyl groups is 1. The molecule has 0 aromatic heterocycles. The van der Waals surface area contributed by atoms with Gasteiger partial charge in [-0.15, -0.1) is 0 Å². The first kappa shape index (κ1) is 18.2. The van der Waals surface area contributed by atoms with Crippen LogP contribution in [0.15, 0.2) is 42.5 Å². The highest BCUT2D eigenvalue weighted by Crippen LogP contribution is 2.25. The lowest BCUT2D eigenvalue weighted by Gasteiger charge is -2.18. The number of aliphatic hydroxyl groups excluding tert-OH is 1. The van der Waals surface area contributed by atoms with Crippen molar-refractivity contribution in [2.45, 2.75) is 38.3 Å². The molecule has 5 nitrogen and oxygen atoms in total. The summed E-state index contributed by atoms with van der Waals surface area (Å²) in [5.74, 6) is -0.00706. The lowest BCUT2D eigenvalue weighted by molar-refractivity contribution is -0.137. The smallest absolute Gasteiger partial charge is 0.303 e. The lowest BCUT2D eigenvalue weighted by Crippen LogP contribution is -2.36. The lowest BCUT2D eigenvalue weighted by atomic mass is 10.1. The zero-order valence-electron chi connectivity index (χ0n) is 13.9. The summed E-state index contributed by atoms with van der Waals surface area (Å²) >= 11 is 0. The molecule has 5 heteroatoms. The third-order valence-electron chi connectivity index (χ3n) is 3.91. The van der Waals surface area contributed by atoms with Crippen LogP contribution in [0.1, 0.15) is 26.2 Å². The normalized spacial score (nSPS) is 13.6. The van der Waals surface area contributed by atoms with Crippen LogP contribution in [0.3, 0.4) is 0 Å². The maximum absolute atomic E-state index is 10.5. The summed E-state index contributed by atoms with van der Waals surface area (Å²) < 4.78 is 5.76. The van der Waals surface area contributed by atoms with Crippen LogP contribution in [0, 0.1) is 0 Å². The molecule has 0 aliphatic carbocycles. The van der Waals surface area contributed by atoms with Crippen LogP contribution in [0.2, 0.25) is 0 Å². The Morgan fingerprint density at radius 1 is 1.21 bits per heavy atom. The third kappa shape index (κ3) is 5.83. The Kier molecular flexibility index (Phi) is 7.03. The molecule has 3 N–H and O–H groups in total. The summed E-state index contributed by atoms with van der Waals surface area (Å²) in [4.78, 5) is 10.5. The number of rotatable bonds is 10. The summed E-state index contributed by atoms with van der Waals surface area (Å²) in [5, 5.41) is 24.0. The fourth-order valence-corrected chi connectivity index (χ4v) is 2.57. The van der Waals surface area contributed by atoms with Crippen LogP contribution in [-0.4, -0.2) is 41.5 Å². The van der Waals surface area contributed by atoms with Gasteiger partial charge in [-0.2, -0.15) is 0 Å². The molecule has 24 heavy (non-hydrogen) atoms. The molecule has 0 fully saturated rings. The molecule has 0 aliphatic rings. The van der Waals surface area contributed by atoms with Gasteiger partial charge in [0.15, 0.2) is 0 Å². The van der Waals surface area contributed by atoms with Crippen LogP contribution in [0.25, 0.3) is 10.8 Å². The van der Waals surface area contributed by atoms with Crippen molar-refractivity contribution in [3.8, 4) is 5.75 Å². The molecule has 0 bridgehead atoms. The van der Waals surface area contributed by atoms with E-state index in [-0.39, 0.29) is 19.1 Å². The highest BCUT2D eigenvalue weighted by atomic mass is 16.5. The molecule has 2 unspecified atom stereocenters. The van der Waals surface area contributed by atoms with Crippen molar-refractivity contribution in [1.29, 1.82) is 0 Å². The molecule has 2 rings (SSSR count). The van der Waals surface area contributed by atoms with Gasteiger partial charge in [0, 0.05) is 24.4 Å². The number of carbonyl (C=O) groups is 1. The molecule has 2 atom stereocenters. The molecule has 130 valence electrons. The molecule has 2 aromatic carbocycles. The van der Waals surface area contributed by atoms with Gasteiger partial charge in [-0.05, 0) is 31.2 Å². The van der Waals surface area contributed by atoms with Crippen molar-refractivity contribution in [1.82, 2.24) is 5.32 Å². The molecule has 0 saturated heterocycles. The minimum Gasteiger partial charge on any atom is -0.490 e. The van der Waals surface area contributed by atoms with Gasteiger partial charge < -0.3 is 20.3 Å². The number of ether oxygens (including phenoxy) is 1. The second kappa shape index (κ2) is 9.25. The first-order chi connectivity index (χ1) is 11.6. The van der Waals surface area contributed by atoms with E-state index in [9.17, 15) is 9.90 Å². The van der Waals surface area contributed by atoms with E-state index in [0.717, 1.165) is 22.9 Å². The molecule has 0 radical (unpaired) electrons. The van der Waals surface area contributed by atoms with E-state index in [1.807, 2.05) is 49.4 Å². The van der Waals surface area contributed by atoms with E-state index >= 15 is 0 Å². The van der Waals surface area contributed by atoms with Gasteiger partial charge in [-0.1, -0.05) is 36.4 Å². The second-order valence-corrected chi connectivity index (χ2v) is 6.04. The van der Waals surface area contributed by atoms with Crippen molar-refractivity contribution in [3.05, 3.63) is 42.5 Å². The van der Waals surface area contributed by atoms with Gasteiger partial charge in [0.2, 0.25) is 0 Å². The number of hydrogen-bond acceptors (Lipinski definition) is 4. The van der Waals surface area contributed by atoms with E-state index in [4.69, 9.17) is 9.84 Å². The number of fused-ring (bicyclic) bond motifs is 1. The Labute approximate surface area is 142 Å². The summed E-state index contributed by atoms with van der Waals surface area (Å²) in [6.07, 6.45) is 0.958. The maximum Gasteiger partial charge on any atom is 0.303 e. The quantitative estimate of drug-likeness (QED) is 0.624. The highest BCUT2D eigenvalue weighted by Gasteiger charge is 2.10. The number of hydrogen-bond donors (Lipinski definition) is 3. The fourth-order valence-electron chi connectivity index (χ4n) is 2.57. The predicted octanol–water partition coefficient (Wildman–Crippen LogP) is 2.81. The van der Waals surface area contributed by atoms with E-state index < -0.39 is 12.1 Å². The van der Waals surface area contributed by atoms with Crippen molar-refractivity contribution < 1.29 is 19.7 Å². The molecular formula is C19H25NO4. The van der Waals surface area contributed by atoms with Crippen molar-refractivity contribution in [2.24, 2.45) is 0 Å². The second-order valence-electron chi connectivity index (χ2n) is 6.04. The SMILES string of the molecule is CC(CCCC(=O)O)NCC(O)COc1cccc2ccccc12. The van der Waals surface area contributed by atoms with Crippen LogP contribution in [-0.2, 0) is 4.79 Å². The monoisotopic (exact) mass is 331 g/mol.